The highest BCUT2D eigenvalue weighted by molar-refractivity contribution is 5.27. The van der Waals surface area contributed by atoms with E-state index >= 15 is 0 Å². The van der Waals surface area contributed by atoms with Gasteiger partial charge in [-0.15, -0.1) is 0 Å². The van der Waals surface area contributed by atoms with Gasteiger partial charge in [0.05, 0.1) is 0 Å². The summed E-state index contributed by atoms with van der Waals surface area (Å²) >= 11 is 0. The van der Waals surface area contributed by atoms with Crippen molar-refractivity contribution in [2.24, 2.45) is 0 Å². The zero-order valence-corrected chi connectivity index (χ0v) is 6.37. The van der Waals surface area contributed by atoms with E-state index in [0.717, 1.165) is 5.56 Å². The molecule has 0 aliphatic heterocycles. The van der Waals surface area contributed by atoms with Crippen molar-refractivity contribution < 1.29 is 9.84 Å². The van der Waals surface area contributed by atoms with Crippen LogP contribution < -0.4 is 4.74 Å². The second-order valence-corrected chi connectivity index (χ2v) is 2.31. The van der Waals surface area contributed by atoms with E-state index in [9.17, 15) is 0 Å². The number of hydrogen-bond acceptors (Lipinski definition) is 2. The number of aliphatic hydroxyl groups excluding tert-OH is 1. The fourth-order valence-corrected chi connectivity index (χ4v) is 0.742. The number of ether oxygens (including phenoxy) is 1. The van der Waals surface area contributed by atoms with Gasteiger partial charge < -0.3 is 9.84 Å². The summed E-state index contributed by atoms with van der Waals surface area (Å²) in [4.78, 5) is 0. The minimum absolute atomic E-state index is 0.283. The van der Waals surface area contributed by atoms with Crippen LogP contribution in [0.15, 0.2) is 36.8 Å². The summed E-state index contributed by atoms with van der Waals surface area (Å²) in [5, 5.41) is 8.66. The Morgan fingerprint density at radius 1 is 1.36 bits per heavy atom. The molecule has 0 fully saturated rings. The van der Waals surface area contributed by atoms with Crippen molar-refractivity contribution in [3.05, 3.63) is 42.4 Å². The number of benzene rings is 1. The molecule has 0 spiro atoms. The van der Waals surface area contributed by atoms with E-state index in [4.69, 9.17) is 9.84 Å². The molecule has 0 bridgehead atoms. The Balaban J connectivity index is 2.74. The monoisotopic (exact) mass is 150 g/mol. The third-order valence-electron chi connectivity index (χ3n) is 1.26. The average molecular weight is 150 g/mol. The molecule has 1 aromatic carbocycles. The zero-order valence-electron chi connectivity index (χ0n) is 6.37. The van der Waals surface area contributed by atoms with E-state index < -0.39 is 0 Å². The molecule has 58 valence electrons. The van der Waals surface area contributed by atoms with E-state index in [0.29, 0.717) is 5.75 Å². The maximum absolute atomic E-state index is 8.66. The van der Waals surface area contributed by atoms with Gasteiger partial charge in [-0.3, -0.25) is 0 Å². The Bertz CT molecular complexity index is 249. The van der Waals surface area contributed by atoms with Gasteiger partial charge in [0.1, 0.15) is 5.75 Å². The van der Waals surface area contributed by atoms with Crippen LogP contribution >= 0.6 is 0 Å². The molecule has 0 aromatic heterocycles. The second kappa shape index (κ2) is 3.10. The van der Waals surface area contributed by atoms with Crippen molar-refractivity contribution >= 4 is 0 Å². The molecule has 0 aliphatic carbocycles. The number of aliphatic hydroxyl groups is 1. The minimum atomic E-state index is -0.283. The van der Waals surface area contributed by atoms with Crippen LogP contribution in [0.3, 0.4) is 0 Å². The van der Waals surface area contributed by atoms with Crippen molar-refractivity contribution in [3.8, 4) is 5.75 Å². The highest BCUT2D eigenvalue weighted by atomic mass is 16.6. The predicted molar refractivity (Wildman–Crippen MR) is 43.6 cm³/mol. The Morgan fingerprint density at radius 3 is 2.36 bits per heavy atom. The lowest BCUT2D eigenvalue weighted by molar-refractivity contribution is 0.211. The van der Waals surface area contributed by atoms with Gasteiger partial charge in [-0.05, 0) is 25.6 Å². The minimum Gasteiger partial charge on any atom is -0.481 e. The third kappa shape index (κ3) is 2.34. The lowest BCUT2D eigenvalue weighted by Gasteiger charge is -2.01. The van der Waals surface area contributed by atoms with Crippen LogP contribution in [0.4, 0.5) is 0 Å². The summed E-state index contributed by atoms with van der Waals surface area (Å²) in [7, 11) is 0. The van der Waals surface area contributed by atoms with E-state index in [1.165, 1.54) is 0 Å². The first-order valence-corrected chi connectivity index (χ1v) is 3.31. The molecule has 1 rings (SSSR count). The summed E-state index contributed by atoms with van der Waals surface area (Å²) in [6.45, 7) is 5.19. The Hall–Kier alpha value is -1.44. The van der Waals surface area contributed by atoms with Crippen molar-refractivity contribution in [2.45, 2.75) is 6.92 Å². The molecular formula is C9H10O2. The van der Waals surface area contributed by atoms with Gasteiger partial charge in [0.25, 0.3) is 5.95 Å². The third-order valence-corrected chi connectivity index (χ3v) is 1.26. The molecule has 0 heterocycles. The van der Waals surface area contributed by atoms with Gasteiger partial charge in [0.15, 0.2) is 0 Å². The summed E-state index contributed by atoms with van der Waals surface area (Å²) in [5.41, 5.74) is 1.15. The normalized spacial score (nSPS) is 9.18. The van der Waals surface area contributed by atoms with E-state index in [2.05, 4.69) is 6.58 Å². The Labute approximate surface area is 65.7 Å². The molecule has 0 aliphatic rings. The lowest BCUT2D eigenvalue weighted by atomic mass is 10.2. The number of aryl methyl sites for hydroxylation is 1. The topological polar surface area (TPSA) is 29.5 Å². The summed E-state index contributed by atoms with van der Waals surface area (Å²) in [6.07, 6.45) is 0. The van der Waals surface area contributed by atoms with E-state index in [-0.39, 0.29) is 5.95 Å². The van der Waals surface area contributed by atoms with Crippen LogP contribution in [0, 0.1) is 6.92 Å². The molecule has 2 heteroatoms. The highest BCUT2D eigenvalue weighted by Gasteiger charge is 1.92. The molecule has 2 nitrogen and oxygen atoms in total. The largest absolute Gasteiger partial charge is 0.481 e. The maximum Gasteiger partial charge on any atom is 0.274 e. The van der Waals surface area contributed by atoms with Crippen LogP contribution in [-0.2, 0) is 0 Å². The molecule has 0 saturated heterocycles. The molecule has 1 aromatic rings. The molecule has 0 atom stereocenters. The van der Waals surface area contributed by atoms with Crippen molar-refractivity contribution in [3.63, 3.8) is 0 Å². The first-order valence-electron chi connectivity index (χ1n) is 3.31. The SMILES string of the molecule is C=C(O)Oc1ccc(C)cc1. The smallest absolute Gasteiger partial charge is 0.274 e. The summed E-state index contributed by atoms with van der Waals surface area (Å²) < 4.78 is 4.83. The maximum atomic E-state index is 8.66. The zero-order chi connectivity index (χ0) is 8.27. The van der Waals surface area contributed by atoms with Gasteiger partial charge >= 0.3 is 0 Å². The van der Waals surface area contributed by atoms with E-state index in [1.807, 2.05) is 19.1 Å². The molecule has 0 amide bonds. The van der Waals surface area contributed by atoms with Crippen molar-refractivity contribution in [1.82, 2.24) is 0 Å². The lowest BCUT2D eigenvalue weighted by Crippen LogP contribution is -1.90. The number of rotatable bonds is 2. The van der Waals surface area contributed by atoms with Gasteiger partial charge in [-0.2, -0.15) is 0 Å². The van der Waals surface area contributed by atoms with Crippen molar-refractivity contribution in [2.75, 3.05) is 0 Å². The summed E-state index contributed by atoms with van der Waals surface area (Å²) in [5.74, 6) is 0.317. The fourth-order valence-electron chi connectivity index (χ4n) is 0.742. The van der Waals surface area contributed by atoms with Gasteiger partial charge in [-0.25, -0.2) is 0 Å². The first kappa shape index (κ1) is 7.66. The van der Waals surface area contributed by atoms with Gasteiger partial charge in [0, 0.05) is 0 Å². The molecule has 0 unspecified atom stereocenters. The number of hydrogen-bond donors (Lipinski definition) is 1. The van der Waals surface area contributed by atoms with Crippen LogP contribution in [0.25, 0.3) is 0 Å². The van der Waals surface area contributed by atoms with Crippen LogP contribution in [0.5, 0.6) is 5.75 Å². The summed E-state index contributed by atoms with van der Waals surface area (Å²) in [6, 6.07) is 7.35. The highest BCUT2D eigenvalue weighted by Crippen LogP contribution is 2.12. The molecule has 1 N–H and O–H groups in total. The Morgan fingerprint density at radius 2 is 1.91 bits per heavy atom. The Kier molecular flexibility index (Phi) is 2.16. The first-order chi connectivity index (χ1) is 5.18. The fraction of sp³-hybridized carbons (Fsp3) is 0.111. The van der Waals surface area contributed by atoms with E-state index in [1.54, 1.807) is 12.1 Å². The van der Waals surface area contributed by atoms with Crippen LogP contribution in [0.1, 0.15) is 5.56 Å². The average Bonchev–Trinajstić information content (AvgIpc) is 1.93. The van der Waals surface area contributed by atoms with Crippen LogP contribution in [-0.4, -0.2) is 5.11 Å². The predicted octanol–water partition coefficient (Wildman–Crippen LogP) is 2.40. The quantitative estimate of drug-likeness (QED) is 0.656. The molecule has 0 saturated carbocycles. The molecular weight excluding hydrogens is 140 g/mol. The van der Waals surface area contributed by atoms with Gasteiger partial charge in [0.2, 0.25) is 0 Å². The van der Waals surface area contributed by atoms with Gasteiger partial charge in [-0.1, -0.05) is 17.7 Å². The standard InChI is InChI=1S/C9H10O2/c1-7-3-5-9(6-4-7)11-8(2)10/h3-6,10H,2H2,1H3. The second-order valence-electron chi connectivity index (χ2n) is 2.31. The molecule has 11 heavy (non-hydrogen) atoms. The molecule has 0 radical (unpaired) electrons. The van der Waals surface area contributed by atoms with Crippen LogP contribution in [0.2, 0.25) is 0 Å². The van der Waals surface area contributed by atoms with Crippen molar-refractivity contribution in [1.29, 1.82) is 0 Å².